The Morgan fingerprint density at radius 3 is 2.68 bits per heavy atom. The molecule has 0 saturated carbocycles. The normalized spacial score (nSPS) is 19.2. The zero-order chi connectivity index (χ0) is 18.6. The molecule has 1 heterocycles. The van der Waals surface area contributed by atoms with Gasteiger partial charge in [-0.3, -0.25) is 9.59 Å². The molecule has 0 aliphatic carbocycles. The minimum absolute atomic E-state index is 0.0153. The Morgan fingerprint density at radius 1 is 1.32 bits per heavy atom. The van der Waals surface area contributed by atoms with Crippen molar-refractivity contribution in [1.82, 2.24) is 10.6 Å². The van der Waals surface area contributed by atoms with Crippen LogP contribution in [0.4, 0.5) is 10.1 Å². The van der Waals surface area contributed by atoms with Gasteiger partial charge in [-0.1, -0.05) is 26.8 Å². The van der Waals surface area contributed by atoms with Gasteiger partial charge in [0.05, 0.1) is 0 Å². The fraction of sp³-hybridized carbons (Fsp3) is 0.579. The summed E-state index contributed by atoms with van der Waals surface area (Å²) in [7, 11) is 0. The molecule has 25 heavy (non-hydrogen) atoms. The molecule has 0 bridgehead atoms. The monoisotopic (exact) mass is 349 g/mol. The first-order chi connectivity index (χ1) is 11.7. The smallest absolute Gasteiger partial charge is 0.242 e. The second-order valence-electron chi connectivity index (χ2n) is 7.72. The standard InChI is InChI=1S/C19H28FN3O2/c1-13(21-18(25)19(2,3)4)17(24)22-15-8-6-10-23(12-15)16-9-5-7-14(20)11-16/h5,7,9,11,13,15H,6,8,10,12H2,1-4H3,(H,21,25)(H,22,24)/t13-,15+/m0/s1. The molecule has 0 aromatic heterocycles. The average Bonchev–Trinajstić information content (AvgIpc) is 2.54. The molecule has 1 aromatic carbocycles. The Balaban J connectivity index is 1.91. The summed E-state index contributed by atoms with van der Waals surface area (Å²) >= 11 is 0. The molecule has 0 radical (unpaired) electrons. The van der Waals surface area contributed by atoms with E-state index in [2.05, 4.69) is 15.5 Å². The van der Waals surface area contributed by atoms with Crippen molar-refractivity contribution < 1.29 is 14.0 Å². The molecule has 2 rings (SSSR count). The van der Waals surface area contributed by atoms with Crippen molar-refractivity contribution in [3.63, 3.8) is 0 Å². The Labute approximate surface area is 149 Å². The highest BCUT2D eigenvalue weighted by Crippen LogP contribution is 2.21. The third-order valence-corrected chi connectivity index (χ3v) is 4.36. The van der Waals surface area contributed by atoms with Gasteiger partial charge in [-0.15, -0.1) is 0 Å². The molecule has 138 valence electrons. The zero-order valence-electron chi connectivity index (χ0n) is 15.4. The molecule has 5 nitrogen and oxygen atoms in total. The zero-order valence-corrected chi connectivity index (χ0v) is 15.4. The summed E-state index contributed by atoms with van der Waals surface area (Å²) in [5.41, 5.74) is 0.293. The van der Waals surface area contributed by atoms with Crippen molar-refractivity contribution in [2.45, 2.75) is 52.6 Å². The molecule has 1 saturated heterocycles. The topological polar surface area (TPSA) is 61.4 Å². The first kappa shape index (κ1) is 19.2. The molecule has 0 unspecified atom stereocenters. The van der Waals surface area contributed by atoms with E-state index in [4.69, 9.17) is 0 Å². The van der Waals surface area contributed by atoms with Gasteiger partial charge in [-0.05, 0) is 38.0 Å². The van der Waals surface area contributed by atoms with Crippen LogP contribution in [0.15, 0.2) is 24.3 Å². The first-order valence-corrected chi connectivity index (χ1v) is 8.78. The Hall–Kier alpha value is -2.11. The molecule has 2 N–H and O–H groups in total. The summed E-state index contributed by atoms with van der Waals surface area (Å²) < 4.78 is 13.4. The summed E-state index contributed by atoms with van der Waals surface area (Å²) in [6, 6.07) is 5.90. The highest BCUT2D eigenvalue weighted by atomic mass is 19.1. The van der Waals surface area contributed by atoms with Gasteiger partial charge in [0.1, 0.15) is 11.9 Å². The number of hydrogen-bond acceptors (Lipinski definition) is 3. The molecular formula is C19H28FN3O2. The van der Waals surface area contributed by atoms with Gasteiger partial charge in [-0.2, -0.15) is 0 Å². The molecule has 1 fully saturated rings. The van der Waals surface area contributed by atoms with E-state index < -0.39 is 11.5 Å². The van der Waals surface area contributed by atoms with Crippen molar-refractivity contribution in [3.05, 3.63) is 30.1 Å². The van der Waals surface area contributed by atoms with Gasteiger partial charge >= 0.3 is 0 Å². The van der Waals surface area contributed by atoms with E-state index in [1.54, 1.807) is 13.0 Å². The fourth-order valence-electron chi connectivity index (χ4n) is 2.81. The van der Waals surface area contributed by atoms with Gasteiger partial charge < -0.3 is 15.5 Å². The third kappa shape index (κ3) is 5.44. The summed E-state index contributed by atoms with van der Waals surface area (Å²) in [5.74, 6) is -0.606. The van der Waals surface area contributed by atoms with Crippen molar-refractivity contribution in [2.75, 3.05) is 18.0 Å². The molecule has 0 spiro atoms. The maximum absolute atomic E-state index is 13.4. The van der Waals surface area contributed by atoms with Crippen LogP contribution in [0.1, 0.15) is 40.5 Å². The summed E-state index contributed by atoms with van der Waals surface area (Å²) in [6.07, 6.45) is 1.79. The largest absolute Gasteiger partial charge is 0.369 e. The van der Waals surface area contributed by atoms with Gasteiger partial charge in [-0.25, -0.2) is 4.39 Å². The minimum Gasteiger partial charge on any atom is -0.369 e. The van der Waals surface area contributed by atoms with Gasteiger partial charge in [0, 0.05) is 30.2 Å². The van der Waals surface area contributed by atoms with Crippen molar-refractivity contribution in [2.24, 2.45) is 5.41 Å². The van der Waals surface area contributed by atoms with Gasteiger partial charge in [0.15, 0.2) is 0 Å². The number of carbonyl (C=O) groups is 2. The SMILES string of the molecule is C[C@H](NC(=O)C(C)(C)C)C(=O)N[C@@H]1CCCN(c2cccc(F)c2)C1. The number of benzene rings is 1. The lowest BCUT2D eigenvalue weighted by atomic mass is 9.95. The highest BCUT2D eigenvalue weighted by molar-refractivity contribution is 5.89. The van der Waals surface area contributed by atoms with Crippen LogP contribution in [-0.2, 0) is 9.59 Å². The minimum atomic E-state index is -0.587. The average molecular weight is 349 g/mol. The number of halogens is 1. The molecule has 6 heteroatoms. The van der Waals surface area contributed by atoms with Gasteiger partial charge in [0.2, 0.25) is 11.8 Å². The molecule has 2 amide bonds. The molecule has 1 aliphatic heterocycles. The molecular weight excluding hydrogens is 321 g/mol. The fourth-order valence-corrected chi connectivity index (χ4v) is 2.81. The molecule has 1 aliphatic rings. The van der Waals surface area contributed by atoms with E-state index in [0.717, 1.165) is 25.1 Å². The quantitative estimate of drug-likeness (QED) is 0.878. The first-order valence-electron chi connectivity index (χ1n) is 8.78. The van der Waals surface area contributed by atoms with Crippen LogP contribution in [0.5, 0.6) is 0 Å². The summed E-state index contributed by atoms with van der Waals surface area (Å²) in [5, 5.41) is 5.75. The second kappa shape index (κ2) is 7.85. The lowest BCUT2D eigenvalue weighted by Gasteiger charge is -2.35. The van der Waals surface area contributed by atoms with Crippen LogP contribution in [0.25, 0.3) is 0 Å². The number of amides is 2. The predicted octanol–water partition coefficient (Wildman–Crippen LogP) is 2.46. The van der Waals surface area contributed by atoms with Crippen molar-refractivity contribution in [3.8, 4) is 0 Å². The van der Waals surface area contributed by atoms with Crippen LogP contribution >= 0.6 is 0 Å². The van der Waals surface area contributed by atoms with E-state index in [1.807, 2.05) is 26.8 Å². The number of rotatable bonds is 4. The summed E-state index contributed by atoms with van der Waals surface area (Å²) in [6.45, 7) is 8.59. The Morgan fingerprint density at radius 2 is 2.04 bits per heavy atom. The second-order valence-corrected chi connectivity index (χ2v) is 7.72. The van der Waals surface area contributed by atoms with Crippen molar-refractivity contribution >= 4 is 17.5 Å². The van der Waals surface area contributed by atoms with Crippen LogP contribution in [0.2, 0.25) is 0 Å². The number of carbonyl (C=O) groups excluding carboxylic acids is 2. The number of hydrogen-bond donors (Lipinski definition) is 2. The maximum Gasteiger partial charge on any atom is 0.242 e. The Bertz CT molecular complexity index is 627. The lowest BCUT2D eigenvalue weighted by molar-refractivity contribution is -0.133. The maximum atomic E-state index is 13.4. The van der Waals surface area contributed by atoms with Crippen LogP contribution in [0, 0.1) is 11.2 Å². The number of piperidine rings is 1. The van der Waals surface area contributed by atoms with E-state index in [0.29, 0.717) is 6.54 Å². The molecule has 1 aromatic rings. The number of nitrogens with one attached hydrogen (secondary N) is 2. The predicted molar refractivity (Wildman–Crippen MR) is 96.8 cm³/mol. The lowest BCUT2D eigenvalue weighted by Crippen LogP contribution is -2.54. The van der Waals surface area contributed by atoms with Gasteiger partial charge in [0.25, 0.3) is 0 Å². The highest BCUT2D eigenvalue weighted by Gasteiger charge is 2.27. The van der Waals surface area contributed by atoms with E-state index >= 15 is 0 Å². The number of anilines is 1. The number of nitrogens with zero attached hydrogens (tertiary/aromatic N) is 1. The van der Waals surface area contributed by atoms with E-state index in [1.165, 1.54) is 12.1 Å². The van der Waals surface area contributed by atoms with Crippen molar-refractivity contribution in [1.29, 1.82) is 0 Å². The van der Waals surface area contributed by atoms with Crippen LogP contribution in [-0.4, -0.2) is 37.0 Å². The van der Waals surface area contributed by atoms with Crippen LogP contribution < -0.4 is 15.5 Å². The van der Waals surface area contributed by atoms with E-state index in [-0.39, 0.29) is 23.7 Å². The molecule has 2 atom stereocenters. The Kier molecular flexibility index (Phi) is 6.03. The van der Waals surface area contributed by atoms with Crippen LogP contribution in [0.3, 0.4) is 0 Å². The van der Waals surface area contributed by atoms with E-state index in [9.17, 15) is 14.0 Å². The summed E-state index contributed by atoms with van der Waals surface area (Å²) in [4.78, 5) is 26.5. The third-order valence-electron chi connectivity index (χ3n) is 4.36.